The van der Waals surface area contributed by atoms with Crippen molar-refractivity contribution in [2.24, 2.45) is 0 Å². The van der Waals surface area contributed by atoms with Crippen LogP contribution in [0.3, 0.4) is 0 Å². The van der Waals surface area contributed by atoms with Crippen LogP contribution in [-0.4, -0.2) is 34.7 Å². The molecule has 5 nitrogen and oxygen atoms in total. The Labute approximate surface area is 77.2 Å². The summed E-state index contributed by atoms with van der Waals surface area (Å²) in [6.07, 6.45) is -1.00. The summed E-state index contributed by atoms with van der Waals surface area (Å²) in [6.45, 7) is 5.70. The molecule has 1 saturated heterocycles. The first-order chi connectivity index (χ1) is 5.88. The van der Waals surface area contributed by atoms with E-state index in [2.05, 4.69) is 0 Å². The highest BCUT2D eigenvalue weighted by Gasteiger charge is 2.29. The van der Waals surface area contributed by atoms with Crippen molar-refractivity contribution in [3.05, 3.63) is 0 Å². The summed E-state index contributed by atoms with van der Waals surface area (Å²) in [7, 11) is 0. The van der Waals surface area contributed by atoms with Crippen LogP contribution in [0, 0.1) is 0 Å². The molecule has 0 unspecified atom stereocenters. The van der Waals surface area contributed by atoms with Gasteiger partial charge in [-0.05, 0) is 20.8 Å². The van der Waals surface area contributed by atoms with E-state index in [4.69, 9.17) is 14.7 Å². The average molecular weight is 189 g/mol. The smallest absolute Gasteiger partial charge is 0.434 e. The lowest BCUT2D eigenvalue weighted by Crippen LogP contribution is -2.34. The fourth-order valence-corrected chi connectivity index (χ4v) is 0.927. The zero-order valence-electron chi connectivity index (χ0n) is 8.11. The second-order valence-corrected chi connectivity index (χ2v) is 3.93. The molecule has 1 aliphatic heterocycles. The van der Waals surface area contributed by atoms with Gasteiger partial charge in [-0.1, -0.05) is 0 Å². The van der Waals surface area contributed by atoms with Crippen LogP contribution < -0.4 is 0 Å². The Kier molecular flexibility index (Phi) is 2.77. The number of ether oxygens (including phenoxy) is 1. The molecule has 0 aromatic heterocycles. The number of aliphatic hydroxyl groups is 1. The van der Waals surface area contributed by atoms with Crippen LogP contribution in [0.4, 0.5) is 4.79 Å². The molecular formula is C8H15NO4. The lowest BCUT2D eigenvalue weighted by Gasteiger charge is -2.23. The van der Waals surface area contributed by atoms with Crippen LogP contribution in [-0.2, 0) is 9.57 Å². The fraction of sp³-hybridized carbons (Fsp3) is 0.875. The average Bonchev–Trinajstić information content (AvgIpc) is 2.31. The summed E-state index contributed by atoms with van der Waals surface area (Å²) in [6, 6.07) is 0. The van der Waals surface area contributed by atoms with Crippen molar-refractivity contribution in [2.45, 2.75) is 39.1 Å². The maximum atomic E-state index is 11.3. The van der Waals surface area contributed by atoms with Gasteiger partial charge in [-0.2, -0.15) is 5.06 Å². The molecular weight excluding hydrogens is 174 g/mol. The van der Waals surface area contributed by atoms with E-state index in [1.807, 2.05) is 0 Å². The van der Waals surface area contributed by atoms with Crippen molar-refractivity contribution in [1.29, 1.82) is 0 Å². The van der Waals surface area contributed by atoms with Crippen molar-refractivity contribution >= 4 is 6.09 Å². The standard InChI is InChI=1S/C8H15NO4/c1-8(2,3)12-7(11)9-5-4-6(10)13-9/h6,10H,4-5H2,1-3H3/t6-/m1/s1. The lowest BCUT2D eigenvalue weighted by atomic mass is 10.2. The predicted octanol–water partition coefficient (Wildman–Crippen LogP) is 0.877. The Morgan fingerprint density at radius 1 is 1.62 bits per heavy atom. The summed E-state index contributed by atoms with van der Waals surface area (Å²) in [5.41, 5.74) is -0.534. The van der Waals surface area contributed by atoms with Gasteiger partial charge in [0.1, 0.15) is 5.60 Å². The molecule has 0 saturated carbocycles. The summed E-state index contributed by atoms with van der Waals surface area (Å²) in [5, 5.41) is 10.0. The van der Waals surface area contributed by atoms with Gasteiger partial charge < -0.3 is 9.84 Å². The minimum absolute atomic E-state index is 0.371. The molecule has 1 fully saturated rings. The zero-order valence-corrected chi connectivity index (χ0v) is 8.11. The Morgan fingerprint density at radius 3 is 2.62 bits per heavy atom. The SMILES string of the molecule is CC(C)(C)OC(=O)N1CC[C@H](O)O1. The number of carbonyl (C=O) groups is 1. The van der Waals surface area contributed by atoms with E-state index < -0.39 is 18.0 Å². The van der Waals surface area contributed by atoms with E-state index >= 15 is 0 Å². The topological polar surface area (TPSA) is 59.0 Å². The van der Waals surface area contributed by atoms with Gasteiger partial charge in [0.15, 0.2) is 6.29 Å². The largest absolute Gasteiger partial charge is 0.442 e. The van der Waals surface area contributed by atoms with Crippen molar-refractivity contribution in [2.75, 3.05) is 6.54 Å². The van der Waals surface area contributed by atoms with E-state index in [1.165, 1.54) is 0 Å². The Hall–Kier alpha value is -0.810. The van der Waals surface area contributed by atoms with Crippen molar-refractivity contribution in [1.82, 2.24) is 5.06 Å². The van der Waals surface area contributed by atoms with E-state index in [0.29, 0.717) is 13.0 Å². The van der Waals surface area contributed by atoms with E-state index in [-0.39, 0.29) is 0 Å². The second-order valence-electron chi connectivity index (χ2n) is 3.93. The number of rotatable bonds is 0. The molecule has 0 bridgehead atoms. The number of carbonyl (C=O) groups excluding carboxylic acids is 1. The van der Waals surface area contributed by atoms with Crippen LogP contribution in [0.5, 0.6) is 0 Å². The summed E-state index contributed by atoms with van der Waals surface area (Å²) in [5.74, 6) is 0. The third-order valence-electron chi connectivity index (χ3n) is 1.43. The number of aliphatic hydroxyl groups excluding tert-OH is 1. The molecule has 1 aliphatic rings. The van der Waals surface area contributed by atoms with E-state index in [1.54, 1.807) is 20.8 Å². The van der Waals surface area contributed by atoms with Gasteiger partial charge in [-0.15, -0.1) is 0 Å². The third-order valence-corrected chi connectivity index (χ3v) is 1.43. The quantitative estimate of drug-likeness (QED) is 0.614. The minimum Gasteiger partial charge on any atom is -0.442 e. The number of nitrogens with zero attached hydrogens (tertiary/aromatic N) is 1. The van der Waals surface area contributed by atoms with Gasteiger partial charge in [-0.3, -0.25) is 0 Å². The Balaban J connectivity index is 2.41. The van der Waals surface area contributed by atoms with Crippen LogP contribution in [0.25, 0.3) is 0 Å². The second kappa shape index (κ2) is 3.51. The minimum atomic E-state index is -0.882. The molecule has 1 rings (SSSR count). The molecule has 1 atom stereocenters. The molecule has 0 aliphatic carbocycles. The molecule has 13 heavy (non-hydrogen) atoms. The maximum Gasteiger partial charge on any atom is 0.434 e. The zero-order chi connectivity index (χ0) is 10.1. The molecule has 1 amide bonds. The number of hydrogen-bond donors (Lipinski definition) is 1. The molecule has 5 heteroatoms. The molecule has 76 valence electrons. The first-order valence-corrected chi connectivity index (χ1v) is 4.24. The van der Waals surface area contributed by atoms with Crippen molar-refractivity contribution < 1.29 is 19.5 Å². The van der Waals surface area contributed by atoms with Crippen molar-refractivity contribution in [3.63, 3.8) is 0 Å². The van der Waals surface area contributed by atoms with Crippen LogP contribution in [0.2, 0.25) is 0 Å². The number of hydrogen-bond acceptors (Lipinski definition) is 4. The Bertz CT molecular complexity index is 199. The van der Waals surface area contributed by atoms with Crippen LogP contribution >= 0.6 is 0 Å². The summed E-state index contributed by atoms with van der Waals surface area (Å²) < 4.78 is 5.02. The van der Waals surface area contributed by atoms with Crippen molar-refractivity contribution in [3.8, 4) is 0 Å². The number of hydroxylamine groups is 2. The molecule has 0 spiro atoms. The Morgan fingerprint density at radius 2 is 2.23 bits per heavy atom. The molecule has 0 aromatic carbocycles. The van der Waals surface area contributed by atoms with Gasteiger partial charge in [0, 0.05) is 6.42 Å². The van der Waals surface area contributed by atoms with E-state index in [0.717, 1.165) is 5.06 Å². The molecule has 0 radical (unpaired) electrons. The highest BCUT2D eigenvalue weighted by atomic mass is 16.8. The molecule has 0 aromatic rings. The van der Waals surface area contributed by atoms with Gasteiger partial charge in [0.05, 0.1) is 6.54 Å². The van der Waals surface area contributed by atoms with Gasteiger partial charge >= 0.3 is 6.09 Å². The lowest BCUT2D eigenvalue weighted by molar-refractivity contribution is -0.198. The predicted molar refractivity (Wildman–Crippen MR) is 44.6 cm³/mol. The number of amides is 1. The first-order valence-electron chi connectivity index (χ1n) is 4.24. The fourth-order valence-electron chi connectivity index (χ4n) is 0.927. The first kappa shape index (κ1) is 10.3. The normalized spacial score (nSPS) is 23.4. The monoisotopic (exact) mass is 189 g/mol. The highest BCUT2D eigenvalue weighted by molar-refractivity contribution is 5.66. The summed E-state index contributed by atoms with van der Waals surface area (Å²) >= 11 is 0. The highest BCUT2D eigenvalue weighted by Crippen LogP contribution is 2.15. The third kappa shape index (κ3) is 3.20. The van der Waals surface area contributed by atoms with Gasteiger partial charge in [0.25, 0.3) is 0 Å². The molecule has 1 N–H and O–H groups in total. The van der Waals surface area contributed by atoms with E-state index in [9.17, 15) is 4.79 Å². The summed E-state index contributed by atoms with van der Waals surface area (Å²) in [4.78, 5) is 16.1. The van der Waals surface area contributed by atoms with Gasteiger partial charge in [-0.25, -0.2) is 9.63 Å². The van der Waals surface area contributed by atoms with Crippen LogP contribution in [0.15, 0.2) is 0 Å². The van der Waals surface area contributed by atoms with Gasteiger partial charge in [0.2, 0.25) is 0 Å². The molecule has 1 heterocycles. The maximum absolute atomic E-state index is 11.3. The van der Waals surface area contributed by atoms with Crippen LogP contribution in [0.1, 0.15) is 27.2 Å².